The van der Waals surface area contributed by atoms with Gasteiger partial charge in [-0.15, -0.1) is 0 Å². The number of carbonyl (C=O) groups excluding carboxylic acids is 2. The average Bonchev–Trinajstić information content (AvgIpc) is 3.40. The number of hydrogen-bond acceptors (Lipinski definition) is 9. The largest absolute Gasteiger partial charge is 0.416 e. The summed E-state index contributed by atoms with van der Waals surface area (Å²) < 4.78 is 114. The van der Waals surface area contributed by atoms with Crippen LogP contribution in [-0.2, 0) is 9.47 Å². The van der Waals surface area contributed by atoms with E-state index in [0.29, 0.717) is 10.6 Å². The number of aromatic nitrogens is 5. The Labute approximate surface area is 248 Å². The van der Waals surface area contributed by atoms with E-state index in [1.807, 2.05) is 0 Å². The summed E-state index contributed by atoms with van der Waals surface area (Å²) in [6, 6.07) is -5.58. The summed E-state index contributed by atoms with van der Waals surface area (Å²) in [4.78, 5) is 30.5. The van der Waals surface area contributed by atoms with Crippen LogP contribution < -0.4 is 10.6 Å². The van der Waals surface area contributed by atoms with Crippen molar-refractivity contribution in [1.29, 1.82) is 0 Å². The lowest BCUT2D eigenvalue weighted by atomic mass is 10.1. The number of halogens is 6. The quantitative estimate of drug-likeness (QED) is 0.302. The van der Waals surface area contributed by atoms with Crippen molar-refractivity contribution in [2.75, 3.05) is 26.8 Å². The highest BCUT2D eigenvalue weighted by Gasteiger charge is 2.50. The Bertz CT molecular complexity index is 1610. The molecule has 2 fully saturated rings. The third kappa shape index (κ3) is 6.42. The number of amides is 3. The Morgan fingerprint density at radius 3 is 2.57 bits per heavy atom. The standard InChI is InChI=1S/C25H28F6N8O5/c1-23(2,25(29,30)31)43-10-15(34-21(40)20-19(12-4-5-12)36-44-37-20)14-8-39-18(33-14)6-13(7-32-39)16(11-42-3)38-9-17(24(26,27)28)35-22(38)41/h6-8,12,15-17H,4-5,9-11H2,1-3H3,(H,34,40)(H,35,41)/i9D2. The lowest BCUT2D eigenvalue weighted by Crippen LogP contribution is -2.44. The normalized spacial score (nSPS) is 21.2. The fourth-order valence-corrected chi connectivity index (χ4v) is 4.33. The van der Waals surface area contributed by atoms with Gasteiger partial charge in [-0.2, -0.15) is 31.4 Å². The molecule has 0 aromatic carbocycles. The molecular weight excluding hydrogens is 606 g/mol. The van der Waals surface area contributed by atoms with Crippen molar-refractivity contribution < 1.29 is 52.8 Å². The molecule has 2 N–H and O–H groups in total. The van der Waals surface area contributed by atoms with Crippen LogP contribution in [0, 0.1) is 0 Å². The lowest BCUT2D eigenvalue weighted by molar-refractivity contribution is -0.265. The summed E-state index contributed by atoms with van der Waals surface area (Å²) in [6.45, 7) is -2.75. The van der Waals surface area contributed by atoms with Crippen molar-refractivity contribution in [3.63, 3.8) is 0 Å². The molecule has 3 amide bonds. The molecule has 1 aliphatic heterocycles. The first-order valence-electron chi connectivity index (χ1n) is 14.2. The van der Waals surface area contributed by atoms with E-state index >= 15 is 0 Å². The molecule has 0 bridgehead atoms. The van der Waals surface area contributed by atoms with E-state index < -0.39 is 67.7 Å². The van der Waals surface area contributed by atoms with Gasteiger partial charge < -0.3 is 25.0 Å². The zero-order chi connectivity index (χ0) is 33.8. The number of fused-ring (bicyclic) bond motifs is 1. The summed E-state index contributed by atoms with van der Waals surface area (Å²) in [5.41, 5.74) is -2.45. The molecule has 3 aromatic rings. The Morgan fingerprint density at radius 1 is 1.23 bits per heavy atom. The highest BCUT2D eigenvalue weighted by atomic mass is 19.4. The number of imidazole rings is 1. The van der Waals surface area contributed by atoms with Gasteiger partial charge in [0.25, 0.3) is 5.91 Å². The highest BCUT2D eigenvalue weighted by molar-refractivity contribution is 5.93. The zero-order valence-electron chi connectivity index (χ0n) is 25.4. The van der Waals surface area contributed by atoms with Gasteiger partial charge in [0.1, 0.15) is 11.7 Å². The van der Waals surface area contributed by atoms with Gasteiger partial charge in [0, 0.05) is 18.6 Å². The second-order valence-corrected chi connectivity index (χ2v) is 10.8. The van der Waals surface area contributed by atoms with Crippen molar-refractivity contribution in [1.82, 2.24) is 40.4 Å². The molecule has 3 unspecified atom stereocenters. The van der Waals surface area contributed by atoms with Crippen LogP contribution >= 0.6 is 0 Å². The third-order valence-corrected chi connectivity index (χ3v) is 7.11. The van der Waals surface area contributed by atoms with Gasteiger partial charge in [0.05, 0.1) is 52.6 Å². The van der Waals surface area contributed by atoms with Crippen molar-refractivity contribution in [2.45, 2.75) is 68.7 Å². The minimum absolute atomic E-state index is 0.00255. The number of rotatable bonds is 11. The summed E-state index contributed by atoms with van der Waals surface area (Å²) in [6.07, 6.45) is -5.93. The van der Waals surface area contributed by atoms with Gasteiger partial charge in [-0.3, -0.25) is 4.79 Å². The van der Waals surface area contributed by atoms with E-state index in [0.717, 1.165) is 32.9 Å². The second kappa shape index (κ2) is 11.5. The van der Waals surface area contributed by atoms with Gasteiger partial charge in [0.2, 0.25) is 0 Å². The maximum absolute atomic E-state index is 13.6. The number of nitrogens with one attached hydrogen (secondary N) is 2. The average molecular weight is 637 g/mol. The van der Waals surface area contributed by atoms with E-state index in [9.17, 15) is 35.9 Å². The Balaban J connectivity index is 1.47. The number of methoxy groups -OCH3 is 1. The van der Waals surface area contributed by atoms with Crippen molar-refractivity contribution >= 4 is 17.6 Å². The Morgan fingerprint density at radius 2 is 1.95 bits per heavy atom. The first kappa shape index (κ1) is 28.8. The van der Waals surface area contributed by atoms with Crippen LogP contribution in [0.15, 0.2) is 23.1 Å². The molecular formula is C25H28F6N8O5. The first-order chi connectivity index (χ1) is 21.3. The van der Waals surface area contributed by atoms with Gasteiger partial charge in [-0.05, 0) is 37.9 Å². The molecule has 3 aromatic heterocycles. The molecule has 1 saturated heterocycles. The smallest absolute Gasteiger partial charge is 0.382 e. The van der Waals surface area contributed by atoms with E-state index in [-0.39, 0.29) is 28.5 Å². The molecule has 3 atom stereocenters. The maximum Gasteiger partial charge on any atom is 0.416 e. The molecule has 0 spiro atoms. The molecule has 1 aliphatic carbocycles. The van der Waals surface area contributed by atoms with Gasteiger partial charge in [-0.1, -0.05) is 5.16 Å². The highest BCUT2D eigenvalue weighted by Crippen LogP contribution is 2.40. The fraction of sp³-hybridized carbons (Fsp3) is 0.600. The monoisotopic (exact) mass is 636 g/mol. The number of carbonyl (C=O) groups is 2. The molecule has 44 heavy (non-hydrogen) atoms. The Kier molecular flexibility index (Phi) is 7.51. The van der Waals surface area contributed by atoms with Crippen LogP contribution in [0.4, 0.5) is 31.1 Å². The maximum atomic E-state index is 13.6. The molecule has 4 heterocycles. The predicted octanol–water partition coefficient (Wildman–Crippen LogP) is 3.46. The number of alkyl halides is 6. The zero-order valence-corrected chi connectivity index (χ0v) is 23.4. The van der Waals surface area contributed by atoms with Crippen LogP contribution in [-0.4, -0.2) is 92.6 Å². The van der Waals surface area contributed by atoms with E-state index in [4.69, 9.17) is 16.8 Å². The van der Waals surface area contributed by atoms with Gasteiger partial charge in [-0.25, -0.2) is 18.9 Å². The predicted molar refractivity (Wildman–Crippen MR) is 135 cm³/mol. The van der Waals surface area contributed by atoms with Crippen molar-refractivity contribution in [3.05, 3.63) is 41.1 Å². The molecule has 240 valence electrons. The van der Waals surface area contributed by atoms with E-state index in [1.54, 1.807) is 5.32 Å². The molecule has 1 saturated carbocycles. The van der Waals surface area contributed by atoms with Crippen LogP contribution in [0.5, 0.6) is 0 Å². The van der Waals surface area contributed by atoms with Gasteiger partial charge >= 0.3 is 18.4 Å². The second-order valence-electron chi connectivity index (χ2n) is 10.8. The lowest BCUT2D eigenvalue weighted by Gasteiger charge is -2.29. The fourth-order valence-electron chi connectivity index (χ4n) is 4.33. The van der Waals surface area contributed by atoms with Gasteiger partial charge in [0.15, 0.2) is 16.9 Å². The Hall–Kier alpha value is -4.00. The van der Waals surface area contributed by atoms with E-state index in [1.165, 1.54) is 23.9 Å². The SMILES string of the molecule is [2H]C1([2H])C(C(F)(F)F)NC(=O)N1C(COC)c1cnn2cc(C(COC(C)(C)C(F)(F)F)NC(=O)c3nonc3C3CC3)nc2c1. The van der Waals surface area contributed by atoms with Crippen LogP contribution in [0.2, 0.25) is 0 Å². The summed E-state index contributed by atoms with van der Waals surface area (Å²) in [7, 11) is 1.20. The number of urea groups is 1. The number of ether oxygens (including phenoxy) is 2. The van der Waals surface area contributed by atoms with Crippen molar-refractivity contribution in [3.8, 4) is 0 Å². The van der Waals surface area contributed by atoms with Crippen molar-refractivity contribution in [2.24, 2.45) is 0 Å². The summed E-state index contributed by atoms with van der Waals surface area (Å²) in [5.74, 6) is -0.854. The molecule has 5 rings (SSSR count). The topological polar surface area (TPSA) is 149 Å². The molecule has 19 heteroatoms. The van der Waals surface area contributed by atoms with Crippen LogP contribution in [0.3, 0.4) is 0 Å². The molecule has 13 nitrogen and oxygen atoms in total. The minimum atomic E-state index is -5.10. The van der Waals surface area contributed by atoms with E-state index in [2.05, 4.69) is 25.7 Å². The summed E-state index contributed by atoms with van der Waals surface area (Å²) >= 11 is 0. The summed E-state index contributed by atoms with van der Waals surface area (Å²) in [5, 5.41) is 15.7. The minimum Gasteiger partial charge on any atom is -0.382 e. The first-order valence-corrected chi connectivity index (χ1v) is 13.2. The number of nitrogens with zero attached hydrogens (tertiary/aromatic N) is 6. The van der Waals surface area contributed by atoms with Crippen LogP contribution in [0.25, 0.3) is 5.65 Å². The molecule has 2 aliphatic rings. The third-order valence-electron chi connectivity index (χ3n) is 7.11. The van der Waals surface area contributed by atoms with Crippen LogP contribution in [0.1, 0.15) is 74.9 Å². The molecule has 0 radical (unpaired) electrons. The number of hydrogen-bond donors (Lipinski definition) is 2.